The first-order valence-electron chi connectivity index (χ1n) is 5.35. The quantitative estimate of drug-likeness (QED) is 0.754. The van der Waals surface area contributed by atoms with Gasteiger partial charge in [0, 0.05) is 12.2 Å². The molecule has 4 heteroatoms. The van der Waals surface area contributed by atoms with Gasteiger partial charge in [0.05, 0.1) is 0 Å². The highest BCUT2D eigenvalue weighted by Crippen LogP contribution is 2.26. The van der Waals surface area contributed by atoms with Crippen LogP contribution in [0.3, 0.4) is 0 Å². The summed E-state index contributed by atoms with van der Waals surface area (Å²) in [5.41, 5.74) is 7.30. The molecule has 1 aliphatic heterocycles. The van der Waals surface area contributed by atoms with E-state index in [1.54, 1.807) is 12.3 Å². The molecule has 0 radical (unpaired) electrons. The van der Waals surface area contributed by atoms with E-state index in [1.165, 1.54) is 0 Å². The summed E-state index contributed by atoms with van der Waals surface area (Å²) in [5.74, 6) is 0.564. The highest BCUT2D eigenvalue weighted by atomic mass is 35.5. The Kier molecular flexibility index (Phi) is 3.57. The summed E-state index contributed by atoms with van der Waals surface area (Å²) >= 11 is 5.74. The van der Waals surface area contributed by atoms with Crippen LogP contribution in [0, 0.1) is 5.92 Å². The van der Waals surface area contributed by atoms with Crippen LogP contribution in [0.25, 0.3) is 0 Å². The third-order valence-corrected chi connectivity index (χ3v) is 3.25. The minimum absolute atomic E-state index is 0.0943. The monoisotopic (exact) mass is 225 g/mol. The molecule has 0 aromatic carbocycles. The topological polar surface area (TPSA) is 50.9 Å². The first-order valence-corrected chi connectivity index (χ1v) is 5.73. The number of rotatable bonds is 2. The van der Waals surface area contributed by atoms with Gasteiger partial charge in [0.15, 0.2) is 0 Å². The van der Waals surface area contributed by atoms with Gasteiger partial charge in [-0.1, -0.05) is 17.7 Å². The molecule has 1 aromatic heterocycles. The van der Waals surface area contributed by atoms with Crippen LogP contribution in [0.15, 0.2) is 18.3 Å². The second kappa shape index (κ2) is 4.92. The Balaban J connectivity index is 2.05. The van der Waals surface area contributed by atoms with Crippen LogP contribution in [0.1, 0.15) is 24.4 Å². The largest absolute Gasteiger partial charge is 0.324 e. The highest BCUT2D eigenvalue weighted by Gasteiger charge is 2.21. The van der Waals surface area contributed by atoms with Gasteiger partial charge in [-0.3, -0.25) is 0 Å². The van der Waals surface area contributed by atoms with E-state index < -0.39 is 0 Å². The number of hydrogen-bond donors (Lipinski definition) is 2. The number of halogens is 1. The Morgan fingerprint density at radius 2 is 2.13 bits per heavy atom. The molecule has 0 amide bonds. The molecule has 0 unspecified atom stereocenters. The van der Waals surface area contributed by atoms with Crippen molar-refractivity contribution < 1.29 is 0 Å². The fourth-order valence-corrected chi connectivity index (χ4v) is 2.17. The molecule has 3 nitrogen and oxygen atoms in total. The summed E-state index contributed by atoms with van der Waals surface area (Å²) in [4.78, 5) is 4.06. The van der Waals surface area contributed by atoms with Crippen molar-refractivity contribution in [3.63, 3.8) is 0 Å². The average molecular weight is 226 g/mol. The summed E-state index contributed by atoms with van der Waals surface area (Å²) < 4.78 is 0. The van der Waals surface area contributed by atoms with Gasteiger partial charge in [-0.15, -0.1) is 0 Å². The first-order chi connectivity index (χ1) is 7.27. The number of pyridine rings is 1. The lowest BCUT2D eigenvalue weighted by Gasteiger charge is -2.28. The minimum Gasteiger partial charge on any atom is -0.324 e. The fourth-order valence-electron chi connectivity index (χ4n) is 2.06. The second-order valence-corrected chi connectivity index (χ2v) is 4.41. The van der Waals surface area contributed by atoms with Crippen LogP contribution in [-0.4, -0.2) is 18.1 Å². The molecule has 2 rings (SSSR count). The summed E-state index contributed by atoms with van der Waals surface area (Å²) in [6.45, 7) is 2.14. The number of aromatic nitrogens is 1. The SMILES string of the molecule is N[C@@H](c1ccc(Cl)nc1)C1CCNCC1. The van der Waals surface area contributed by atoms with Crippen molar-refractivity contribution >= 4 is 11.6 Å². The third kappa shape index (κ3) is 2.68. The first kappa shape index (κ1) is 10.9. The van der Waals surface area contributed by atoms with Crippen molar-refractivity contribution in [2.45, 2.75) is 18.9 Å². The van der Waals surface area contributed by atoms with Gasteiger partial charge in [0.2, 0.25) is 0 Å². The zero-order valence-corrected chi connectivity index (χ0v) is 9.37. The maximum absolute atomic E-state index is 6.21. The van der Waals surface area contributed by atoms with E-state index >= 15 is 0 Å². The molecule has 82 valence electrons. The van der Waals surface area contributed by atoms with Crippen molar-refractivity contribution in [2.24, 2.45) is 11.7 Å². The molecule has 2 heterocycles. The molecule has 1 fully saturated rings. The number of nitrogens with one attached hydrogen (secondary N) is 1. The second-order valence-electron chi connectivity index (χ2n) is 4.03. The normalized spacial score (nSPS) is 20.1. The van der Waals surface area contributed by atoms with Gasteiger partial charge in [-0.25, -0.2) is 4.98 Å². The van der Waals surface area contributed by atoms with Crippen LogP contribution in [0.5, 0.6) is 0 Å². The van der Waals surface area contributed by atoms with Crippen molar-refractivity contribution in [1.29, 1.82) is 0 Å². The number of nitrogens with two attached hydrogens (primary N) is 1. The number of nitrogens with zero attached hydrogens (tertiary/aromatic N) is 1. The fraction of sp³-hybridized carbons (Fsp3) is 0.545. The molecule has 0 saturated carbocycles. The van der Waals surface area contributed by atoms with Gasteiger partial charge < -0.3 is 11.1 Å². The minimum atomic E-state index is 0.0943. The predicted octanol–water partition coefficient (Wildman–Crippen LogP) is 1.73. The van der Waals surface area contributed by atoms with Crippen LogP contribution >= 0.6 is 11.6 Å². The van der Waals surface area contributed by atoms with E-state index in [0.29, 0.717) is 11.1 Å². The molecule has 1 saturated heterocycles. The predicted molar refractivity (Wildman–Crippen MR) is 61.8 cm³/mol. The van der Waals surface area contributed by atoms with E-state index in [9.17, 15) is 0 Å². The number of piperidine rings is 1. The Hall–Kier alpha value is -0.640. The van der Waals surface area contributed by atoms with Crippen molar-refractivity contribution in [3.05, 3.63) is 29.0 Å². The lowest BCUT2D eigenvalue weighted by molar-refractivity contribution is 0.322. The lowest BCUT2D eigenvalue weighted by Crippen LogP contribution is -2.33. The Morgan fingerprint density at radius 3 is 2.73 bits per heavy atom. The van der Waals surface area contributed by atoms with Gasteiger partial charge >= 0.3 is 0 Å². The molecule has 3 N–H and O–H groups in total. The van der Waals surface area contributed by atoms with Gasteiger partial charge in [0.1, 0.15) is 5.15 Å². The smallest absolute Gasteiger partial charge is 0.129 e. The third-order valence-electron chi connectivity index (χ3n) is 3.03. The number of hydrogen-bond acceptors (Lipinski definition) is 3. The van der Waals surface area contributed by atoms with E-state index in [0.717, 1.165) is 31.5 Å². The lowest BCUT2D eigenvalue weighted by atomic mass is 9.87. The van der Waals surface area contributed by atoms with E-state index in [-0.39, 0.29) is 6.04 Å². The maximum Gasteiger partial charge on any atom is 0.129 e. The average Bonchev–Trinajstić information content (AvgIpc) is 2.30. The van der Waals surface area contributed by atoms with E-state index in [2.05, 4.69) is 10.3 Å². The van der Waals surface area contributed by atoms with Crippen LogP contribution in [0.2, 0.25) is 5.15 Å². The maximum atomic E-state index is 6.21. The Labute approximate surface area is 95.0 Å². The molecule has 1 aromatic rings. The van der Waals surface area contributed by atoms with Crippen molar-refractivity contribution in [3.8, 4) is 0 Å². The van der Waals surface area contributed by atoms with Crippen LogP contribution in [-0.2, 0) is 0 Å². The van der Waals surface area contributed by atoms with E-state index in [4.69, 9.17) is 17.3 Å². The van der Waals surface area contributed by atoms with Crippen LogP contribution < -0.4 is 11.1 Å². The molecular formula is C11H16ClN3. The zero-order valence-electron chi connectivity index (χ0n) is 8.62. The zero-order chi connectivity index (χ0) is 10.7. The molecule has 0 spiro atoms. The van der Waals surface area contributed by atoms with Crippen LogP contribution in [0.4, 0.5) is 0 Å². The summed E-state index contributed by atoms with van der Waals surface area (Å²) in [6, 6.07) is 3.87. The van der Waals surface area contributed by atoms with Gasteiger partial charge in [0.25, 0.3) is 0 Å². The van der Waals surface area contributed by atoms with Gasteiger partial charge in [-0.2, -0.15) is 0 Å². The summed E-state index contributed by atoms with van der Waals surface area (Å²) in [7, 11) is 0. The molecule has 15 heavy (non-hydrogen) atoms. The van der Waals surface area contributed by atoms with E-state index in [1.807, 2.05) is 6.07 Å². The van der Waals surface area contributed by atoms with Crippen molar-refractivity contribution in [2.75, 3.05) is 13.1 Å². The summed E-state index contributed by atoms with van der Waals surface area (Å²) in [6.07, 6.45) is 4.07. The molecule has 0 aliphatic carbocycles. The highest BCUT2D eigenvalue weighted by molar-refractivity contribution is 6.29. The molecule has 0 bridgehead atoms. The summed E-state index contributed by atoms with van der Waals surface area (Å²) in [5, 5.41) is 3.86. The standard InChI is InChI=1S/C11H16ClN3/c12-10-2-1-9(7-15-10)11(13)8-3-5-14-6-4-8/h1-2,7-8,11,14H,3-6,13H2/t11-/m1/s1. The molecule has 1 aliphatic rings. The molecule has 1 atom stereocenters. The Bertz CT molecular complexity index is 306. The van der Waals surface area contributed by atoms with Crippen molar-refractivity contribution in [1.82, 2.24) is 10.3 Å². The molecular weight excluding hydrogens is 210 g/mol. The Morgan fingerprint density at radius 1 is 1.40 bits per heavy atom. The van der Waals surface area contributed by atoms with Gasteiger partial charge in [-0.05, 0) is 43.5 Å².